The van der Waals surface area contributed by atoms with Gasteiger partial charge in [-0.15, -0.1) is 5.10 Å². The van der Waals surface area contributed by atoms with Crippen LogP contribution in [-0.4, -0.2) is 14.8 Å². The lowest BCUT2D eigenvalue weighted by molar-refractivity contribution is 0.590. The number of aryl methyl sites for hydroxylation is 3. The summed E-state index contributed by atoms with van der Waals surface area (Å²) in [6.45, 7) is 20.2. The number of hydrogen-bond donors (Lipinski definition) is 0. The van der Waals surface area contributed by atoms with E-state index in [1.54, 1.807) is 0 Å². The van der Waals surface area contributed by atoms with Crippen LogP contribution in [0.2, 0.25) is 0 Å². The zero-order valence-corrected chi connectivity index (χ0v) is 30.1. The molecule has 1 aromatic heterocycles. The lowest BCUT2D eigenvalue weighted by Gasteiger charge is -2.20. The van der Waals surface area contributed by atoms with Gasteiger partial charge in [-0.1, -0.05) is 127 Å². The molecule has 0 saturated carbocycles. The first-order valence-corrected chi connectivity index (χ1v) is 17.3. The van der Waals surface area contributed by atoms with Crippen molar-refractivity contribution in [1.82, 2.24) is 14.8 Å². The van der Waals surface area contributed by atoms with Crippen molar-refractivity contribution in [2.45, 2.75) is 86.0 Å². The molecule has 244 valence electrons. The van der Waals surface area contributed by atoms with Gasteiger partial charge >= 0.3 is 0 Å². The van der Waals surface area contributed by atoms with Gasteiger partial charge in [0.2, 0.25) is 0 Å². The Labute approximate surface area is 287 Å². The van der Waals surface area contributed by atoms with Gasteiger partial charge in [-0.05, 0) is 117 Å². The van der Waals surface area contributed by atoms with Crippen LogP contribution in [0.5, 0.6) is 0 Å². The van der Waals surface area contributed by atoms with E-state index in [1.807, 2.05) is 18.2 Å². The van der Waals surface area contributed by atoms with E-state index in [4.69, 9.17) is 10.1 Å². The molecule has 3 nitrogen and oxygen atoms in total. The van der Waals surface area contributed by atoms with E-state index in [2.05, 4.69) is 158 Å². The Balaban J connectivity index is 1.47. The van der Waals surface area contributed by atoms with Crippen LogP contribution < -0.4 is 0 Å². The third-order valence-electron chi connectivity index (χ3n) is 9.32. The Bertz CT molecular complexity index is 1930. The third-order valence-corrected chi connectivity index (χ3v) is 9.32. The summed E-state index contributed by atoms with van der Waals surface area (Å²) in [6, 6.07) is 40.1. The Hall–Kier alpha value is -4.76. The Morgan fingerprint density at radius 2 is 0.958 bits per heavy atom. The lowest BCUT2D eigenvalue weighted by Crippen LogP contribution is -2.10. The highest BCUT2D eigenvalue weighted by Gasteiger charge is 2.19. The van der Waals surface area contributed by atoms with Crippen LogP contribution >= 0.6 is 0 Å². The van der Waals surface area contributed by atoms with Gasteiger partial charge in [0.25, 0.3) is 0 Å². The monoisotopic (exact) mass is 631 g/mol. The molecule has 0 saturated heterocycles. The molecular weight excluding hydrogens is 583 g/mol. The molecule has 0 N–H and O–H groups in total. The van der Waals surface area contributed by atoms with Gasteiger partial charge in [0, 0.05) is 12.0 Å². The van der Waals surface area contributed by atoms with Crippen LogP contribution in [0, 0.1) is 13.8 Å². The SMILES string of the molecule is CCCc1nc(-c2ccccc2)nn1-c1c(C)cc(-c2cc(-c3ccc(C(C)(C)C)cc3)cc(-c3ccc(C(C)(C)C)cc3)c2)cc1C. The van der Waals surface area contributed by atoms with Crippen molar-refractivity contribution >= 4 is 0 Å². The van der Waals surface area contributed by atoms with Crippen LogP contribution in [0.3, 0.4) is 0 Å². The number of nitrogens with zero attached hydrogens (tertiary/aromatic N) is 3. The average Bonchev–Trinajstić information content (AvgIpc) is 3.47. The highest BCUT2D eigenvalue weighted by molar-refractivity contribution is 5.82. The fourth-order valence-electron chi connectivity index (χ4n) is 6.53. The molecule has 5 aromatic carbocycles. The number of aromatic nitrogens is 3. The standard InChI is InChI=1S/C45H49N3/c1-10-14-41-46-43(34-15-12-11-13-16-34)47-48(41)42-30(2)25-35(26-31(42)3)38-28-36(32-17-21-39(22-18-32)44(4,5)6)27-37(29-38)33-19-23-40(24-20-33)45(7,8)9/h11-13,15-29H,10,14H2,1-9H3. The van der Waals surface area contributed by atoms with Gasteiger partial charge in [0.05, 0.1) is 5.69 Å². The van der Waals surface area contributed by atoms with E-state index in [0.717, 1.165) is 35.7 Å². The quantitative estimate of drug-likeness (QED) is 0.175. The summed E-state index contributed by atoms with van der Waals surface area (Å²) in [5.41, 5.74) is 14.7. The summed E-state index contributed by atoms with van der Waals surface area (Å²) < 4.78 is 2.08. The molecule has 0 spiro atoms. The minimum atomic E-state index is 0.111. The summed E-state index contributed by atoms with van der Waals surface area (Å²) in [4.78, 5) is 4.99. The van der Waals surface area contributed by atoms with E-state index in [9.17, 15) is 0 Å². The average molecular weight is 632 g/mol. The molecule has 0 fully saturated rings. The first kappa shape index (κ1) is 33.2. The fraction of sp³-hybridized carbons (Fsp3) is 0.289. The van der Waals surface area contributed by atoms with Crippen LogP contribution in [0.4, 0.5) is 0 Å². The largest absolute Gasteiger partial charge is 0.217 e. The van der Waals surface area contributed by atoms with Crippen molar-refractivity contribution in [3.05, 3.63) is 137 Å². The predicted molar refractivity (Wildman–Crippen MR) is 204 cm³/mol. The molecule has 0 aliphatic carbocycles. The van der Waals surface area contributed by atoms with E-state index >= 15 is 0 Å². The summed E-state index contributed by atoms with van der Waals surface area (Å²) in [6.07, 6.45) is 1.88. The lowest BCUT2D eigenvalue weighted by atomic mass is 9.85. The molecule has 48 heavy (non-hydrogen) atoms. The summed E-state index contributed by atoms with van der Waals surface area (Å²) in [5.74, 6) is 1.77. The second kappa shape index (κ2) is 13.0. The summed E-state index contributed by atoms with van der Waals surface area (Å²) in [7, 11) is 0. The van der Waals surface area contributed by atoms with Crippen molar-refractivity contribution < 1.29 is 0 Å². The van der Waals surface area contributed by atoms with Crippen molar-refractivity contribution in [2.75, 3.05) is 0 Å². The zero-order chi connectivity index (χ0) is 34.2. The molecule has 0 aliphatic rings. The molecule has 3 heteroatoms. The highest BCUT2D eigenvalue weighted by atomic mass is 15.4. The number of rotatable bonds is 7. The fourth-order valence-corrected chi connectivity index (χ4v) is 6.53. The zero-order valence-electron chi connectivity index (χ0n) is 30.1. The van der Waals surface area contributed by atoms with Crippen LogP contribution in [0.15, 0.2) is 109 Å². The normalized spacial score (nSPS) is 12.0. The molecule has 0 atom stereocenters. The molecule has 0 amide bonds. The molecule has 6 aromatic rings. The molecule has 0 bridgehead atoms. The highest BCUT2D eigenvalue weighted by Crippen LogP contribution is 2.37. The summed E-state index contributed by atoms with van der Waals surface area (Å²) in [5, 5.41) is 5.05. The van der Waals surface area contributed by atoms with Gasteiger partial charge in [0.1, 0.15) is 5.82 Å². The van der Waals surface area contributed by atoms with Gasteiger partial charge in [-0.3, -0.25) is 0 Å². The van der Waals surface area contributed by atoms with Crippen LogP contribution in [0.1, 0.15) is 83.0 Å². The predicted octanol–water partition coefficient (Wildman–Crippen LogP) is 12.1. The van der Waals surface area contributed by atoms with E-state index in [-0.39, 0.29) is 10.8 Å². The maximum absolute atomic E-state index is 5.05. The number of benzene rings is 5. The Morgan fingerprint density at radius 1 is 0.521 bits per heavy atom. The van der Waals surface area contributed by atoms with Crippen LogP contribution in [-0.2, 0) is 17.3 Å². The maximum Gasteiger partial charge on any atom is 0.181 e. The molecular formula is C45H49N3. The molecule has 0 aliphatic heterocycles. The first-order valence-electron chi connectivity index (χ1n) is 17.3. The van der Waals surface area contributed by atoms with Crippen molar-refractivity contribution in [2.24, 2.45) is 0 Å². The molecule has 0 unspecified atom stereocenters. The van der Waals surface area contributed by atoms with Gasteiger partial charge in [-0.2, -0.15) is 0 Å². The topological polar surface area (TPSA) is 30.7 Å². The van der Waals surface area contributed by atoms with E-state index < -0.39 is 0 Å². The summed E-state index contributed by atoms with van der Waals surface area (Å²) >= 11 is 0. The molecule has 1 heterocycles. The van der Waals surface area contributed by atoms with Crippen molar-refractivity contribution in [3.8, 4) is 50.5 Å². The van der Waals surface area contributed by atoms with Gasteiger partial charge in [-0.25, -0.2) is 9.67 Å². The van der Waals surface area contributed by atoms with Gasteiger partial charge in [0.15, 0.2) is 5.82 Å². The second-order valence-electron chi connectivity index (χ2n) is 15.3. The van der Waals surface area contributed by atoms with Crippen molar-refractivity contribution in [3.63, 3.8) is 0 Å². The van der Waals surface area contributed by atoms with Crippen LogP contribution in [0.25, 0.3) is 50.5 Å². The smallest absolute Gasteiger partial charge is 0.181 e. The van der Waals surface area contributed by atoms with E-state index in [1.165, 1.54) is 55.6 Å². The maximum atomic E-state index is 5.05. The number of hydrogen-bond acceptors (Lipinski definition) is 2. The first-order chi connectivity index (χ1) is 22.8. The van der Waals surface area contributed by atoms with E-state index in [0.29, 0.717) is 0 Å². The third kappa shape index (κ3) is 6.92. The second-order valence-corrected chi connectivity index (χ2v) is 15.3. The molecule has 0 radical (unpaired) electrons. The Morgan fingerprint density at radius 3 is 1.40 bits per heavy atom. The Kier molecular flexibility index (Phi) is 9.00. The van der Waals surface area contributed by atoms with Crippen molar-refractivity contribution in [1.29, 1.82) is 0 Å². The minimum Gasteiger partial charge on any atom is -0.217 e. The molecule has 6 rings (SSSR count). The minimum absolute atomic E-state index is 0.111. The van der Waals surface area contributed by atoms with Gasteiger partial charge < -0.3 is 0 Å².